The van der Waals surface area contributed by atoms with Crippen molar-refractivity contribution in [3.8, 4) is 17.1 Å². The number of aliphatic hydroxyl groups excluding tert-OH is 1. The third-order valence-corrected chi connectivity index (χ3v) is 9.92. The average molecular weight is 589 g/mol. The van der Waals surface area contributed by atoms with Gasteiger partial charge < -0.3 is 14.9 Å². The molecule has 0 amide bonds. The van der Waals surface area contributed by atoms with E-state index in [9.17, 15) is 22.3 Å². The van der Waals surface area contributed by atoms with Gasteiger partial charge in [0.2, 0.25) is 15.8 Å². The van der Waals surface area contributed by atoms with E-state index in [1.165, 1.54) is 17.6 Å². The van der Waals surface area contributed by atoms with Crippen molar-refractivity contribution in [1.82, 2.24) is 25.2 Å². The molecular weight excluding hydrogens is 554 g/mol. The highest BCUT2D eigenvalue weighted by Crippen LogP contribution is 2.54. The van der Waals surface area contributed by atoms with Crippen LogP contribution in [-0.4, -0.2) is 77.4 Å². The zero-order valence-corrected chi connectivity index (χ0v) is 23.7. The molecule has 1 atom stereocenters. The average Bonchev–Trinajstić information content (AvgIpc) is 3.48. The second-order valence-electron chi connectivity index (χ2n) is 11.6. The highest BCUT2D eigenvalue weighted by Gasteiger charge is 2.44. The zero-order chi connectivity index (χ0) is 29.0. The molecule has 41 heavy (non-hydrogen) atoms. The first kappa shape index (κ1) is 27.9. The molecule has 0 bridgehead atoms. The normalized spacial score (nSPS) is 20.8. The zero-order valence-electron chi connectivity index (χ0n) is 22.9. The van der Waals surface area contributed by atoms with Crippen LogP contribution in [0.25, 0.3) is 17.1 Å². The summed E-state index contributed by atoms with van der Waals surface area (Å²) < 4.78 is 51.8. The van der Waals surface area contributed by atoms with E-state index in [1.54, 1.807) is 30.3 Å². The van der Waals surface area contributed by atoms with Gasteiger partial charge >= 0.3 is 0 Å². The molecule has 3 N–H and O–H groups in total. The molecule has 2 aliphatic heterocycles. The minimum Gasteiger partial charge on any atom is -0.395 e. The van der Waals surface area contributed by atoms with Gasteiger partial charge in [-0.3, -0.25) is 0 Å². The van der Waals surface area contributed by atoms with Crippen molar-refractivity contribution in [3.05, 3.63) is 41.6 Å². The third kappa shape index (κ3) is 5.77. The van der Waals surface area contributed by atoms with Crippen LogP contribution in [-0.2, 0) is 10.0 Å². The topological polar surface area (TPSA) is 143 Å². The number of halogens is 2. The molecule has 1 aromatic carbocycles. The number of anilines is 2. The van der Waals surface area contributed by atoms with Crippen molar-refractivity contribution < 1.29 is 22.3 Å². The Hall–Kier alpha value is -3.23. The number of nitrogens with two attached hydrogens (primary N) is 1. The molecule has 3 aromatic rings. The summed E-state index contributed by atoms with van der Waals surface area (Å²) >= 11 is 0. The summed E-state index contributed by atoms with van der Waals surface area (Å²) in [6.45, 7) is 3.23. The Kier molecular flexibility index (Phi) is 6.97. The number of pyridine rings is 1. The second kappa shape index (κ2) is 10.2. The Morgan fingerprint density at radius 1 is 1.00 bits per heavy atom. The smallest absolute Gasteiger partial charge is 0.251 e. The van der Waals surface area contributed by atoms with Crippen molar-refractivity contribution in [1.29, 1.82) is 0 Å². The molecule has 1 spiro atoms. The van der Waals surface area contributed by atoms with Crippen LogP contribution in [0.5, 0.6) is 0 Å². The number of piperidine rings is 2. The van der Waals surface area contributed by atoms with E-state index in [4.69, 9.17) is 5.14 Å². The van der Waals surface area contributed by atoms with Gasteiger partial charge in [-0.1, -0.05) is 6.07 Å². The highest BCUT2D eigenvalue weighted by molar-refractivity contribution is 7.89. The SMILES string of the molecule is Cc1cc(-n2nnc(-c3ccc(C(CO)S(N)(=O)=O)cc3N3CCC4(CC3)CC4)n2)cc(N2CCC(F)(F)CC2)n1. The first-order valence-corrected chi connectivity index (χ1v) is 15.5. The molecule has 1 saturated carbocycles. The number of aliphatic hydroxyl groups is 1. The van der Waals surface area contributed by atoms with Crippen LogP contribution in [0.2, 0.25) is 0 Å². The molecule has 2 aromatic heterocycles. The molecule has 4 heterocycles. The number of primary sulfonamides is 1. The predicted octanol–water partition coefficient (Wildman–Crippen LogP) is 2.97. The van der Waals surface area contributed by atoms with Crippen LogP contribution in [0.15, 0.2) is 30.3 Å². The summed E-state index contributed by atoms with van der Waals surface area (Å²) in [6.07, 6.45) is 4.16. The Bertz CT molecular complexity index is 1540. The Balaban J connectivity index is 1.33. The Labute approximate surface area is 237 Å². The molecule has 14 heteroatoms. The number of alkyl halides is 2. The summed E-state index contributed by atoms with van der Waals surface area (Å²) in [4.78, 5) is 9.99. The molecule has 1 aliphatic carbocycles. The maximum absolute atomic E-state index is 13.7. The third-order valence-electron chi connectivity index (χ3n) is 8.71. The molecule has 220 valence electrons. The quantitative estimate of drug-likeness (QED) is 0.426. The second-order valence-corrected chi connectivity index (χ2v) is 13.3. The van der Waals surface area contributed by atoms with Gasteiger partial charge in [-0.2, -0.15) is 0 Å². The molecule has 11 nitrogen and oxygen atoms in total. The Morgan fingerprint density at radius 3 is 2.32 bits per heavy atom. The number of tetrazole rings is 1. The number of rotatable bonds is 7. The molecule has 1 unspecified atom stereocenters. The van der Waals surface area contributed by atoms with Crippen molar-refractivity contribution in [2.75, 3.05) is 42.6 Å². The number of aromatic nitrogens is 5. The lowest BCUT2D eigenvalue weighted by Gasteiger charge is -2.35. The summed E-state index contributed by atoms with van der Waals surface area (Å²) in [6, 6.07) is 8.70. The van der Waals surface area contributed by atoms with Crippen molar-refractivity contribution in [2.24, 2.45) is 10.6 Å². The molecular formula is C27H34F2N8O3S. The monoisotopic (exact) mass is 588 g/mol. The van der Waals surface area contributed by atoms with Crippen molar-refractivity contribution in [2.45, 2.75) is 56.6 Å². The molecule has 0 radical (unpaired) electrons. The van der Waals surface area contributed by atoms with Gasteiger partial charge in [0.1, 0.15) is 11.1 Å². The van der Waals surface area contributed by atoms with Crippen LogP contribution < -0.4 is 14.9 Å². The van der Waals surface area contributed by atoms with Gasteiger partial charge in [0.25, 0.3) is 5.92 Å². The van der Waals surface area contributed by atoms with Crippen LogP contribution in [0, 0.1) is 12.3 Å². The summed E-state index contributed by atoms with van der Waals surface area (Å²) in [5.41, 5.74) is 3.58. The molecule has 2 saturated heterocycles. The molecule has 3 aliphatic rings. The van der Waals surface area contributed by atoms with E-state index in [0.717, 1.165) is 31.6 Å². The summed E-state index contributed by atoms with van der Waals surface area (Å²) in [5.74, 6) is -1.72. The number of benzene rings is 1. The summed E-state index contributed by atoms with van der Waals surface area (Å²) in [5, 5.41) is 27.2. The fourth-order valence-electron chi connectivity index (χ4n) is 5.90. The van der Waals surface area contributed by atoms with E-state index < -0.39 is 27.8 Å². The lowest BCUT2D eigenvalue weighted by Crippen LogP contribution is -2.39. The maximum Gasteiger partial charge on any atom is 0.251 e. The van der Waals surface area contributed by atoms with Gasteiger partial charge in [0, 0.05) is 62.0 Å². The first-order chi connectivity index (χ1) is 19.5. The van der Waals surface area contributed by atoms with E-state index in [-0.39, 0.29) is 25.9 Å². The van der Waals surface area contributed by atoms with Crippen LogP contribution in [0.1, 0.15) is 55.0 Å². The number of sulfonamides is 1. The van der Waals surface area contributed by atoms with Gasteiger partial charge in [0.15, 0.2) is 0 Å². The largest absolute Gasteiger partial charge is 0.395 e. The number of hydrogen-bond acceptors (Lipinski definition) is 9. The minimum atomic E-state index is -4.03. The Morgan fingerprint density at radius 2 is 1.68 bits per heavy atom. The van der Waals surface area contributed by atoms with Gasteiger partial charge in [0.05, 0.1) is 12.3 Å². The number of nitrogens with zero attached hydrogens (tertiary/aromatic N) is 7. The van der Waals surface area contributed by atoms with Crippen molar-refractivity contribution in [3.63, 3.8) is 0 Å². The lowest BCUT2D eigenvalue weighted by atomic mass is 9.92. The fourth-order valence-corrected chi connectivity index (χ4v) is 6.64. The summed E-state index contributed by atoms with van der Waals surface area (Å²) in [7, 11) is -4.03. The maximum atomic E-state index is 13.7. The minimum absolute atomic E-state index is 0.207. The van der Waals surface area contributed by atoms with Gasteiger partial charge in [-0.15, -0.1) is 15.0 Å². The van der Waals surface area contributed by atoms with Crippen molar-refractivity contribution >= 4 is 21.5 Å². The van der Waals surface area contributed by atoms with E-state index in [1.807, 2.05) is 11.8 Å². The number of aryl methyl sites for hydroxylation is 1. The molecule has 6 rings (SSSR count). The highest BCUT2D eigenvalue weighted by atomic mass is 32.2. The van der Waals surface area contributed by atoms with Crippen LogP contribution in [0.4, 0.5) is 20.3 Å². The van der Waals surface area contributed by atoms with Crippen LogP contribution in [0.3, 0.4) is 0 Å². The lowest BCUT2D eigenvalue weighted by molar-refractivity contribution is -0.0221. The van der Waals surface area contributed by atoms with E-state index in [2.05, 4.69) is 25.3 Å². The van der Waals surface area contributed by atoms with E-state index >= 15 is 0 Å². The standard InChI is InChI=1S/C27H34F2N8O3S/c1-18-14-20(16-24(31-18)36-12-8-27(28,29)9-13-36)37-33-25(32-34-37)21-3-2-19(23(17-38)41(30,39)40)15-22(21)35-10-6-26(4-5-26)7-11-35/h2-3,14-16,23,38H,4-13,17H2,1H3,(H2,30,39,40). The fraction of sp³-hybridized carbons (Fsp3) is 0.556. The predicted molar refractivity (Wildman–Crippen MR) is 150 cm³/mol. The van der Waals surface area contributed by atoms with Crippen LogP contribution >= 0.6 is 0 Å². The van der Waals surface area contributed by atoms with Gasteiger partial charge in [-0.05, 0) is 67.0 Å². The number of hydrogen-bond donors (Lipinski definition) is 2. The van der Waals surface area contributed by atoms with E-state index in [0.29, 0.717) is 39.6 Å². The molecule has 3 fully saturated rings. The first-order valence-electron chi connectivity index (χ1n) is 13.9. The van der Waals surface area contributed by atoms with Gasteiger partial charge in [-0.25, -0.2) is 27.3 Å².